The number of aliphatic hydroxyl groups excluding tert-OH is 8. The van der Waals surface area contributed by atoms with Crippen molar-refractivity contribution >= 4 is 115 Å². The Morgan fingerprint density at radius 3 is 0.620 bits per heavy atom. The second-order valence-electron chi connectivity index (χ2n) is 25.8. The highest BCUT2D eigenvalue weighted by atomic mass is 32.2. The van der Waals surface area contributed by atoms with Crippen molar-refractivity contribution in [2.45, 2.75) is 123 Å². The number of nitrogens with two attached hydrogens (primary N) is 4. The highest BCUT2D eigenvalue weighted by Gasteiger charge is 2.58. The molecular formula is C68H76N12O24S4. The molecule has 4 aromatic carbocycles. The lowest BCUT2D eigenvalue weighted by atomic mass is 9.94. The molecule has 14 saturated heterocycles. The van der Waals surface area contributed by atoms with Crippen LogP contribution in [-0.2, 0) is 37.9 Å². The number of imide groups is 4. The number of aliphatic hydroxyl groups is 8. The molecule has 0 spiro atoms. The molecule has 8 bridgehead atoms. The van der Waals surface area contributed by atoms with Crippen LogP contribution in [0.25, 0.3) is 0 Å². The van der Waals surface area contributed by atoms with Gasteiger partial charge in [0.25, 0.3) is 47.3 Å². The number of fused-ring (bicyclic) bond motifs is 4. The van der Waals surface area contributed by atoms with Gasteiger partial charge in [0.1, 0.15) is 97.7 Å². The van der Waals surface area contributed by atoms with Gasteiger partial charge in [-0.2, -0.15) is 0 Å². The van der Waals surface area contributed by atoms with Gasteiger partial charge in [-0.15, -0.1) is 0 Å². The number of ether oxygens (including phenoxy) is 8. The average molecular weight is 1570 g/mol. The van der Waals surface area contributed by atoms with Gasteiger partial charge < -0.3 is 102 Å². The van der Waals surface area contributed by atoms with Crippen molar-refractivity contribution in [3.63, 3.8) is 0 Å². The van der Waals surface area contributed by atoms with E-state index in [4.69, 9.17) is 60.8 Å². The second-order valence-corrected chi connectivity index (χ2v) is 30.3. The summed E-state index contributed by atoms with van der Waals surface area (Å²) in [6.45, 7) is -2.76. The molecule has 0 unspecified atom stereocenters. The standard InChI is InChI=1S/C68H76N12O24S4/c69-65(105-21-17-77-53(89)29-9-1-2-10-30(29)54(77)90)73-25-37-49-41(81)45(85)61(97-37)102-50-38(26-74-66(70)106-22-18-78-55(91)31-11-3-4-12-32(31)56(78)92)99-63(47(87)43(50)83)104-52-40(28-76-68(72)108-24-20-80-59(95)35-15-7-8-16-36(35)60(80)96)100-64(48(88)44(52)84)103-51-39(98-62(101-49)46(86)42(51)82)27-75-67(71)107-23-19-79-57(93)33-13-5-6-14-34(33)58(79)94/h1-16,37-52,61-64,81-88H,17-28H2,(H2,69,73)(H2,70,74)(H2,71,75)(H2,72,76)/t37-,38-,39-,40-,41-,42-,43-,44-,45-,46-,47-,48-,49-,50-,51-,52-,61-,62-,63-,64-/m0/s1. The second kappa shape index (κ2) is 33.7. The Morgan fingerprint density at radius 1 is 0.287 bits per heavy atom. The van der Waals surface area contributed by atoms with Crippen molar-refractivity contribution in [1.29, 1.82) is 0 Å². The number of carbonyl (C=O) groups is 8. The van der Waals surface area contributed by atoms with E-state index in [0.717, 1.165) is 66.6 Å². The quantitative estimate of drug-likeness (QED) is 0.0234. The Hall–Kier alpha value is -7.92. The summed E-state index contributed by atoms with van der Waals surface area (Å²) >= 11 is 3.67. The number of amidine groups is 4. The number of nitrogens with zero attached hydrogens (tertiary/aromatic N) is 8. The lowest BCUT2D eigenvalue weighted by molar-refractivity contribution is -0.398. The molecule has 18 aliphatic heterocycles. The molecule has 8 amide bonds. The third-order valence-electron chi connectivity index (χ3n) is 19.2. The molecule has 0 radical (unpaired) electrons. The van der Waals surface area contributed by atoms with Crippen molar-refractivity contribution in [1.82, 2.24) is 19.6 Å². The first-order chi connectivity index (χ1) is 51.9. The molecule has 14 fully saturated rings. The fourth-order valence-corrected chi connectivity index (χ4v) is 16.2. The zero-order valence-electron chi connectivity index (χ0n) is 56.9. The molecule has 22 rings (SSSR count). The summed E-state index contributed by atoms with van der Waals surface area (Å²) in [5, 5.41) is 97.1. The normalized spacial score (nSPS) is 32.4. The largest absolute Gasteiger partial charge is 0.387 e. The van der Waals surface area contributed by atoms with Crippen LogP contribution < -0.4 is 22.9 Å². The smallest absolute Gasteiger partial charge is 0.261 e. The molecule has 4 aromatic rings. The summed E-state index contributed by atoms with van der Waals surface area (Å²) in [7, 11) is 0. The Morgan fingerprint density at radius 2 is 0.454 bits per heavy atom. The Bertz CT molecular complexity index is 3600. The van der Waals surface area contributed by atoms with Gasteiger partial charge >= 0.3 is 0 Å². The van der Waals surface area contributed by atoms with Gasteiger partial charge in [0.15, 0.2) is 45.8 Å². The molecule has 18 heterocycles. The van der Waals surface area contributed by atoms with Crippen LogP contribution >= 0.6 is 47.0 Å². The molecule has 36 nitrogen and oxygen atoms in total. The summed E-state index contributed by atoms with van der Waals surface area (Å²) in [5.41, 5.74) is 27.5. The number of carbonyl (C=O) groups excluding carboxylic acids is 8. The van der Waals surface area contributed by atoms with Crippen LogP contribution in [0.1, 0.15) is 82.9 Å². The zero-order valence-corrected chi connectivity index (χ0v) is 60.2. The predicted octanol–water partition coefficient (Wildman–Crippen LogP) is -3.30. The maximum absolute atomic E-state index is 13.2. The summed E-state index contributed by atoms with van der Waals surface area (Å²) in [4.78, 5) is 127. The monoisotopic (exact) mass is 1570 g/mol. The van der Waals surface area contributed by atoms with Crippen LogP contribution in [0.4, 0.5) is 0 Å². The minimum absolute atomic E-state index is 0.0322. The lowest BCUT2D eigenvalue weighted by Gasteiger charge is -2.51. The summed E-state index contributed by atoms with van der Waals surface area (Å²) in [6.07, 6.45) is -39.6. The average Bonchev–Trinajstić information content (AvgIpc) is 1.27. The zero-order chi connectivity index (χ0) is 76.5. The van der Waals surface area contributed by atoms with Crippen molar-refractivity contribution in [2.24, 2.45) is 42.9 Å². The first kappa shape index (κ1) is 78.2. The minimum Gasteiger partial charge on any atom is -0.387 e. The third kappa shape index (κ3) is 16.0. The molecule has 0 aliphatic carbocycles. The number of rotatable bonds is 20. The van der Waals surface area contributed by atoms with E-state index in [1.165, 1.54) is 48.5 Å². The number of aliphatic imine (C=N–C) groups is 4. The molecular weight excluding hydrogens is 1500 g/mol. The van der Waals surface area contributed by atoms with Crippen molar-refractivity contribution in [3.8, 4) is 0 Å². The van der Waals surface area contributed by atoms with Crippen LogP contribution in [0.2, 0.25) is 0 Å². The van der Waals surface area contributed by atoms with Crippen LogP contribution in [0.15, 0.2) is 117 Å². The van der Waals surface area contributed by atoms with Gasteiger partial charge in [-0.25, -0.2) is 0 Å². The summed E-state index contributed by atoms with van der Waals surface area (Å²) in [6, 6.07) is 25.2. The highest BCUT2D eigenvalue weighted by molar-refractivity contribution is 8.14. The van der Waals surface area contributed by atoms with Crippen molar-refractivity contribution < 1.29 is 117 Å². The third-order valence-corrected chi connectivity index (χ3v) is 22.5. The van der Waals surface area contributed by atoms with Gasteiger partial charge in [-0.05, 0) is 48.5 Å². The van der Waals surface area contributed by atoms with Gasteiger partial charge in [0.05, 0.1) is 70.7 Å². The predicted molar refractivity (Wildman–Crippen MR) is 385 cm³/mol. The molecule has 0 aromatic heterocycles. The lowest BCUT2D eigenvalue weighted by Crippen LogP contribution is -2.69. The van der Waals surface area contributed by atoms with Gasteiger partial charge in [0.2, 0.25) is 0 Å². The van der Waals surface area contributed by atoms with Crippen LogP contribution in [0.3, 0.4) is 0 Å². The van der Waals surface area contributed by atoms with Gasteiger partial charge in [-0.3, -0.25) is 77.9 Å². The molecule has 576 valence electrons. The first-order valence-electron chi connectivity index (χ1n) is 34.1. The van der Waals surface area contributed by atoms with Crippen molar-refractivity contribution in [3.05, 3.63) is 142 Å². The van der Waals surface area contributed by atoms with Crippen LogP contribution in [-0.4, -0.2) is 327 Å². The fourth-order valence-electron chi connectivity index (χ4n) is 13.6. The minimum atomic E-state index is -2.20. The van der Waals surface area contributed by atoms with Gasteiger partial charge in [0, 0.05) is 49.2 Å². The van der Waals surface area contributed by atoms with E-state index >= 15 is 0 Å². The molecule has 18 aliphatic rings. The van der Waals surface area contributed by atoms with Gasteiger partial charge in [-0.1, -0.05) is 95.6 Å². The number of benzene rings is 4. The Labute approximate surface area is 631 Å². The van der Waals surface area contributed by atoms with E-state index in [1.54, 1.807) is 48.5 Å². The molecule has 108 heavy (non-hydrogen) atoms. The topological polar surface area (TPSA) is 539 Å². The number of hydrogen-bond acceptors (Lipinski definition) is 32. The summed E-state index contributed by atoms with van der Waals surface area (Å²) < 4.78 is 50.8. The van der Waals surface area contributed by atoms with E-state index < -0.39 is 196 Å². The molecule has 20 atom stereocenters. The summed E-state index contributed by atoms with van der Waals surface area (Å²) in [5.74, 6) is -4.03. The van der Waals surface area contributed by atoms with E-state index in [0.29, 0.717) is 0 Å². The number of hydrogen-bond donors (Lipinski definition) is 12. The molecule has 40 heteroatoms. The van der Waals surface area contributed by atoms with Crippen LogP contribution in [0, 0.1) is 0 Å². The Balaban J connectivity index is 0.793. The first-order valence-corrected chi connectivity index (χ1v) is 38.0. The van der Waals surface area contributed by atoms with Crippen LogP contribution in [0.5, 0.6) is 0 Å². The van der Waals surface area contributed by atoms with E-state index in [2.05, 4.69) is 20.0 Å². The number of thioether (sulfide) groups is 4. The van der Waals surface area contributed by atoms with E-state index in [1.807, 2.05) is 0 Å². The Kier molecular flexibility index (Phi) is 24.4. The number of amides is 8. The SMILES string of the molecule is NC(=NC[C@@H]1O[C@H]2O[C@@H]3[C@@H](O)[C@H](O)[C@H](O[C@@H]4[C@@H](O)[C@H](O)[C@H](O[C@@H]5[C@@H](O)[C@H](O)[C@H](O[C@@H]1[C@@H](O)[C@@H]2O)O[C@H]5CN=C(N)SCCN1C(=O)c2ccccc2C1=O)O[C@H]4CN=C(N)SCCN1C(=O)c2ccccc2C1=O)O[C@H]3CN=C(N)SCCN1C(=O)c2ccccc2C1=O)SCCN1C(=O)c2ccccc2C1=O. The molecule has 16 N–H and O–H groups in total. The fraction of sp³-hybridized carbons (Fsp3) is 0.471. The van der Waals surface area contributed by atoms with Crippen molar-refractivity contribution in [2.75, 3.05) is 75.4 Å². The maximum Gasteiger partial charge on any atom is 0.261 e. The maximum atomic E-state index is 13.2. The van der Waals surface area contributed by atoms with E-state index in [9.17, 15) is 79.2 Å². The molecule has 0 saturated carbocycles. The van der Waals surface area contributed by atoms with E-state index in [-0.39, 0.29) is 114 Å². The highest BCUT2D eigenvalue weighted by Crippen LogP contribution is 2.39.